The summed E-state index contributed by atoms with van der Waals surface area (Å²) < 4.78 is 6.43. The summed E-state index contributed by atoms with van der Waals surface area (Å²) in [7, 11) is 0. The van der Waals surface area contributed by atoms with E-state index in [-0.39, 0.29) is 11.9 Å². The molecule has 0 spiro atoms. The highest BCUT2D eigenvalue weighted by Gasteiger charge is 2.24. The molecule has 1 unspecified atom stereocenters. The number of aromatic nitrogens is 1. The minimum Gasteiger partial charge on any atom is -0.413 e. The zero-order chi connectivity index (χ0) is 13.3. The van der Waals surface area contributed by atoms with Crippen molar-refractivity contribution in [2.45, 2.75) is 58.5 Å². The van der Waals surface area contributed by atoms with Gasteiger partial charge in [0, 0.05) is 6.04 Å². The van der Waals surface area contributed by atoms with Gasteiger partial charge in [-0.05, 0) is 33.6 Å². The zero-order valence-corrected chi connectivity index (χ0v) is 11.2. The van der Waals surface area contributed by atoms with Crippen LogP contribution in [0.25, 0.3) is 0 Å². The molecule has 1 fully saturated rings. The molecule has 1 aliphatic carbocycles. The third-order valence-corrected chi connectivity index (χ3v) is 3.78. The lowest BCUT2D eigenvalue weighted by atomic mass is 10.2. The van der Waals surface area contributed by atoms with Crippen molar-refractivity contribution in [1.82, 2.24) is 9.88 Å². The van der Waals surface area contributed by atoms with Crippen molar-refractivity contribution in [2.24, 2.45) is 0 Å². The van der Waals surface area contributed by atoms with E-state index in [0.29, 0.717) is 11.5 Å². The molecule has 0 bridgehead atoms. The number of carbonyl (C=O) groups excluding carboxylic acids is 1. The van der Waals surface area contributed by atoms with Gasteiger partial charge in [-0.1, -0.05) is 12.8 Å². The smallest absolute Gasteiger partial charge is 0.413 e. The van der Waals surface area contributed by atoms with E-state index in [1.54, 1.807) is 20.8 Å². The number of carbonyl (C=O) groups is 1. The van der Waals surface area contributed by atoms with Gasteiger partial charge in [0.05, 0.1) is 5.69 Å². The number of amides is 1. The second-order valence-electron chi connectivity index (χ2n) is 5.05. The van der Waals surface area contributed by atoms with Crippen LogP contribution in [-0.2, 0) is 4.79 Å². The summed E-state index contributed by atoms with van der Waals surface area (Å²) >= 11 is 0. The van der Waals surface area contributed by atoms with Crippen molar-refractivity contribution in [1.29, 1.82) is 0 Å². The van der Waals surface area contributed by atoms with Gasteiger partial charge in [0.25, 0.3) is 0 Å². The SMILES string of the molecule is Cc1oc(=O)n(C(C)C(=O)NC2CCCC2)c1C. The Morgan fingerprint density at radius 3 is 2.50 bits per heavy atom. The van der Waals surface area contributed by atoms with E-state index in [4.69, 9.17) is 4.42 Å². The van der Waals surface area contributed by atoms with Crippen LogP contribution in [0.2, 0.25) is 0 Å². The van der Waals surface area contributed by atoms with E-state index in [1.165, 1.54) is 17.4 Å². The Balaban J connectivity index is 2.12. The van der Waals surface area contributed by atoms with Gasteiger partial charge in [-0.2, -0.15) is 0 Å². The molecule has 1 amide bonds. The van der Waals surface area contributed by atoms with E-state index in [0.717, 1.165) is 12.8 Å². The van der Waals surface area contributed by atoms with Gasteiger partial charge in [-0.15, -0.1) is 0 Å². The summed E-state index contributed by atoms with van der Waals surface area (Å²) in [6.45, 7) is 5.25. The summed E-state index contributed by atoms with van der Waals surface area (Å²) in [5.74, 6) is 0.00693. The monoisotopic (exact) mass is 252 g/mol. The van der Waals surface area contributed by atoms with Gasteiger partial charge >= 0.3 is 5.76 Å². The third-order valence-electron chi connectivity index (χ3n) is 3.78. The van der Waals surface area contributed by atoms with E-state index in [9.17, 15) is 9.59 Å². The summed E-state index contributed by atoms with van der Waals surface area (Å²) in [4.78, 5) is 23.8. The summed E-state index contributed by atoms with van der Waals surface area (Å²) in [5.41, 5.74) is 0.717. The van der Waals surface area contributed by atoms with Crippen LogP contribution in [0.15, 0.2) is 9.21 Å². The Labute approximate surface area is 106 Å². The van der Waals surface area contributed by atoms with E-state index < -0.39 is 11.8 Å². The highest BCUT2D eigenvalue weighted by Crippen LogP contribution is 2.19. The number of nitrogens with one attached hydrogen (secondary N) is 1. The number of rotatable bonds is 3. The van der Waals surface area contributed by atoms with Crippen LogP contribution in [0, 0.1) is 13.8 Å². The predicted molar refractivity (Wildman–Crippen MR) is 67.6 cm³/mol. The highest BCUT2D eigenvalue weighted by atomic mass is 16.4. The van der Waals surface area contributed by atoms with Gasteiger partial charge in [-0.3, -0.25) is 9.36 Å². The van der Waals surface area contributed by atoms with Gasteiger partial charge in [0.2, 0.25) is 5.91 Å². The van der Waals surface area contributed by atoms with Crippen molar-refractivity contribution in [3.8, 4) is 0 Å². The molecule has 0 aliphatic heterocycles. The molecule has 0 aromatic carbocycles. The number of aryl methyl sites for hydroxylation is 1. The van der Waals surface area contributed by atoms with Gasteiger partial charge in [-0.25, -0.2) is 4.79 Å². The predicted octanol–water partition coefficient (Wildman–Crippen LogP) is 1.68. The fourth-order valence-corrected chi connectivity index (χ4v) is 2.52. The topological polar surface area (TPSA) is 64.2 Å². The quantitative estimate of drug-likeness (QED) is 0.890. The number of hydrogen-bond acceptors (Lipinski definition) is 3. The molecule has 0 radical (unpaired) electrons. The molecule has 100 valence electrons. The van der Waals surface area contributed by atoms with Crippen molar-refractivity contribution in [3.05, 3.63) is 22.0 Å². The van der Waals surface area contributed by atoms with Gasteiger partial charge < -0.3 is 9.73 Å². The second kappa shape index (κ2) is 5.00. The molecule has 1 aromatic rings. The maximum atomic E-state index is 12.1. The van der Waals surface area contributed by atoms with Crippen LogP contribution in [-0.4, -0.2) is 16.5 Å². The van der Waals surface area contributed by atoms with Crippen LogP contribution in [0.3, 0.4) is 0 Å². The zero-order valence-electron chi connectivity index (χ0n) is 11.2. The van der Waals surface area contributed by atoms with Crippen LogP contribution in [0.1, 0.15) is 50.1 Å². The van der Waals surface area contributed by atoms with Crippen LogP contribution < -0.4 is 11.1 Å². The Hall–Kier alpha value is -1.52. The molecule has 1 N–H and O–H groups in total. The Morgan fingerprint density at radius 2 is 2.00 bits per heavy atom. The first-order chi connectivity index (χ1) is 8.50. The first-order valence-corrected chi connectivity index (χ1v) is 6.49. The van der Waals surface area contributed by atoms with Crippen molar-refractivity contribution >= 4 is 5.91 Å². The van der Waals surface area contributed by atoms with E-state index >= 15 is 0 Å². The number of oxazole rings is 1. The number of nitrogens with zero attached hydrogens (tertiary/aromatic N) is 1. The highest BCUT2D eigenvalue weighted by molar-refractivity contribution is 5.80. The molecule has 1 heterocycles. The Kier molecular flexibility index (Phi) is 3.59. The maximum absolute atomic E-state index is 12.1. The maximum Gasteiger partial charge on any atom is 0.420 e. The van der Waals surface area contributed by atoms with Crippen LogP contribution in [0.4, 0.5) is 0 Å². The lowest BCUT2D eigenvalue weighted by molar-refractivity contribution is -0.124. The largest absolute Gasteiger partial charge is 0.420 e. The Bertz CT molecular complexity index is 495. The Morgan fingerprint density at radius 1 is 1.39 bits per heavy atom. The number of hydrogen-bond donors (Lipinski definition) is 1. The summed E-state index contributed by atoms with van der Waals surface area (Å²) in [6.07, 6.45) is 4.42. The lowest BCUT2D eigenvalue weighted by Crippen LogP contribution is -2.39. The minimum atomic E-state index is -0.518. The molecular formula is C13H20N2O3. The molecule has 2 rings (SSSR count). The molecule has 1 aromatic heterocycles. The molecule has 5 nitrogen and oxygen atoms in total. The third kappa shape index (κ3) is 2.35. The van der Waals surface area contributed by atoms with Crippen molar-refractivity contribution in [3.63, 3.8) is 0 Å². The first-order valence-electron chi connectivity index (χ1n) is 6.49. The van der Waals surface area contributed by atoms with Crippen molar-refractivity contribution < 1.29 is 9.21 Å². The van der Waals surface area contributed by atoms with Crippen LogP contribution >= 0.6 is 0 Å². The summed E-state index contributed by atoms with van der Waals surface area (Å²) in [5, 5.41) is 3.00. The molecule has 18 heavy (non-hydrogen) atoms. The molecule has 1 aliphatic rings. The van der Waals surface area contributed by atoms with Gasteiger partial charge in [0.15, 0.2) is 0 Å². The average molecular weight is 252 g/mol. The second-order valence-corrected chi connectivity index (χ2v) is 5.05. The molecule has 1 saturated carbocycles. The van der Waals surface area contributed by atoms with Crippen LogP contribution in [0.5, 0.6) is 0 Å². The first kappa shape index (κ1) is 12.9. The van der Waals surface area contributed by atoms with E-state index in [1.807, 2.05) is 0 Å². The fourth-order valence-electron chi connectivity index (χ4n) is 2.52. The lowest BCUT2D eigenvalue weighted by Gasteiger charge is -2.17. The van der Waals surface area contributed by atoms with Gasteiger partial charge in [0.1, 0.15) is 11.8 Å². The van der Waals surface area contributed by atoms with E-state index in [2.05, 4.69) is 5.32 Å². The minimum absolute atomic E-state index is 0.104. The molecular weight excluding hydrogens is 232 g/mol. The van der Waals surface area contributed by atoms with Crippen molar-refractivity contribution in [2.75, 3.05) is 0 Å². The molecule has 1 atom stereocenters. The molecule has 5 heteroatoms. The average Bonchev–Trinajstić information content (AvgIpc) is 2.88. The molecule has 0 saturated heterocycles. The summed E-state index contributed by atoms with van der Waals surface area (Å²) in [6, 6.07) is -0.250. The normalized spacial score (nSPS) is 17.9. The fraction of sp³-hybridized carbons (Fsp3) is 0.692. The standard InChI is InChI=1S/C13H20N2O3/c1-8-10(3)18-13(17)15(8)9(2)12(16)14-11-6-4-5-7-11/h9,11H,4-7H2,1-3H3,(H,14,16).